The topological polar surface area (TPSA) is 90.6 Å². The summed E-state index contributed by atoms with van der Waals surface area (Å²) in [7, 11) is 0. The molecule has 1 aliphatic rings. The van der Waals surface area contributed by atoms with E-state index in [1.54, 1.807) is 42.5 Å². The summed E-state index contributed by atoms with van der Waals surface area (Å²) < 4.78 is 5.73. The van der Waals surface area contributed by atoms with Crippen LogP contribution in [0.4, 0.5) is 5.69 Å². The summed E-state index contributed by atoms with van der Waals surface area (Å²) in [5, 5.41) is 20.5. The molecule has 1 atom stereocenters. The van der Waals surface area contributed by atoms with E-state index in [0.29, 0.717) is 34.7 Å². The van der Waals surface area contributed by atoms with E-state index in [0.717, 1.165) is 17.5 Å². The van der Waals surface area contributed by atoms with Gasteiger partial charge in [-0.3, -0.25) is 14.5 Å². The predicted octanol–water partition coefficient (Wildman–Crippen LogP) is 5.59. The molecule has 1 amide bonds. The SMILES string of the molecule is CCCOc1ccc(/C(O)=C2/C(=O)C(=O)N(c3ccc(C#N)cc3)C2c2cccc(C)c2)cc1C. The summed E-state index contributed by atoms with van der Waals surface area (Å²) >= 11 is 0. The van der Waals surface area contributed by atoms with Crippen molar-refractivity contribution >= 4 is 23.1 Å². The van der Waals surface area contributed by atoms with Crippen molar-refractivity contribution in [2.75, 3.05) is 11.5 Å². The fourth-order valence-corrected chi connectivity index (χ4v) is 4.28. The highest BCUT2D eigenvalue weighted by Gasteiger charge is 2.47. The molecular formula is C29H26N2O4. The molecule has 0 aliphatic carbocycles. The number of rotatable bonds is 6. The molecule has 0 aromatic heterocycles. The minimum absolute atomic E-state index is 0.0200. The van der Waals surface area contributed by atoms with Gasteiger partial charge in [0.2, 0.25) is 0 Å². The monoisotopic (exact) mass is 466 g/mol. The van der Waals surface area contributed by atoms with Crippen LogP contribution in [0.3, 0.4) is 0 Å². The Kier molecular flexibility index (Phi) is 6.70. The van der Waals surface area contributed by atoms with Crippen molar-refractivity contribution in [2.24, 2.45) is 0 Å². The third-order valence-electron chi connectivity index (χ3n) is 5.99. The van der Waals surface area contributed by atoms with E-state index < -0.39 is 17.7 Å². The number of aryl methyl sites for hydroxylation is 2. The summed E-state index contributed by atoms with van der Waals surface area (Å²) in [4.78, 5) is 27.9. The maximum absolute atomic E-state index is 13.3. The molecule has 35 heavy (non-hydrogen) atoms. The van der Waals surface area contributed by atoms with Gasteiger partial charge < -0.3 is 9.84 Å². The molecule has 176 valence electrons. The van der Waals surface area contributed by atoms with Gasteiger partial charge in [0.25, 0.3) is 11.7 Å². The first-order valence-corrected chi connectivity index (χ1v) is 11.5. The standard InChI is InChI=1S/C29H26N2O4/c1-4-14-35-24-13-10-22(16-19(24)3)27(32)25-26(21-7-5-6-18(2)15-21)31(29(34)28(25)33)23-11-8-20(17-30)9-12-23/h5-13,15-16,26,32H,4,14H2,1-3H3/b27-25-. The summed E-state index contributed by atoms with van der Waals surface area (Å²) in [6.07, 6.45) is 0.871. The maximum atomic E-state index is 13.3. The van der Waals surface area contributed by atoms with Crippen molar-refractivity contribution in [3.63, 3.8) is 0 Å². The second kappa shape index (κ2) is 9.86. The van der Waals surface area contributed by atoms with E-state index in [-0.39, 0.29) is 11.3 Å². The van der Waals surface area contributed by atoms with Crippen LogP contribution in [0.1, 0.15) is 47.2 Å². The zero-order valence-electron chi connectivity index (χ0n) is 19.9. The molecule has 1 heterocycles. The zero-order valence-corrected chi connectivity index (χ0v) is 19.9. The number of hydrogen-bond donors (Lipinski definition) is 1. The van der Waals surface area contributed by atoms with Crippen LogP contribution in [0.25, 0.3) is 5.76 Å². The Morgan fingerprint density at radius 3 is 2.43 bits per heavy atom. The average Bonchev–Trinajstić information content (AvgIpc) is 3.13. The van der Waals surface area contributed by atoms with E-state index in [9.17, 15) is 14.7 Å². The van der Waals surface area contributed by atoms with Crippen LogP contribution in [-0.2, 0) is 9.59 Å². The van der Waals surface area contributed by atoms with Gasteiger partial charge in [-0.25, -0.2) is 0 Å². The van der Waals surface area contributed by atoms with Gasteiger partial charge in [0.1, 0.15) is 11.5 Å². The van der Waals surface area contributed by atoms with Crippen molar-refractivity contribution in [3.05, 3.63) is 100 Å². The Morgan fingerprint density at radius 1 is 1.06 bits per heavy atom. The Hall–Kier alpha value is -4.37. The minimum atomic E-state index is -0.820. The smallest absolute Gasteiger partial charge is 0.300 e. The van der Waals surface area contributed by atoms with Crippen LogP contribution in [0.5, 0.6) is 5.75 Å². The number of benzene rings is 3. The fourth-order valence-electron chi connectivity index (χ4n) is 4.28. The number of carbonyl (C=O) groups excluding carboxylic acids is 2. The number of nitrogens with zero attached hydrogens (tertiary/aromatic N) is 2. The molecule has 6 nitrogen and oxygen atoms in total. The van der Waals surface area contributed by atoms with Gasteiger partial charge in [-0.05, 0) is 73.9 Å². The van der Waals surface area contributed by atoms with Gasteiger partial charge in [-0.2, -0.15) is 5.26 Å². The molecule has 0 spiro atoms. The molecule has 6 heteroatoms. The highest BCUT2D eigenvalue weighted by atomic mass is 16.5. The summed E-state index contributed by atoms with van der Waals surface area (Å²) in [5.41, 5.74) is 3.84. The second-order valence-corrected chi connectivity index (χ2v) is 8.57. The molecule has 4 rings (SSSR count). The number of nitriles is 1. The fraction of sp³-hybridized carbons (Fsp3) is 0.207. The lowest BCUT2D eigenvalue weighted by Crippen LogP contribution is -2.29. The number of ketones is 1. The second-order valence-electron chi connectivity index (χ2n) is 8.57. The first kappa shape index (κ1) is 23.8. The molecule has 1 N–H and O–H groups in total. The van der Waals surface area contributed by atoms with Crippen LogP contribution >= 0.6 is 0 Å². The summed E-state index contributed by atoms with van der Waals surface area (Å²) in [5.74, 6) is -1.03. The molecule has 0 saturated carbocycles. The van der Waals surface area contributed by atoms with Crippen LogP contribution < -0.4 is 9.64 Å². The van der Waals surface area contributed by atoms with Crippen LogP contribution in [0.15, 0.2) is 72.3 Å². The van der Waals surface area contributed by atoms with Gasteiger partial charge in [0.05, 0.1) is 29.9 Å². The van der Waals surface area contributed by atoms with Gasteiger partial charge >= 0.3 is 0 Å². The highest BCUT2D eigenvalue weighted by molar-refractivity contribution is 6.51. The Bertz CT molecular complexity index is 1370. The Balaban J connectivity index is 1.88. The number of ether oxygens (including phenoxy) is 1. The molecular weight excluding hydrogens is 440 g/mol. The van der Waals surface area contributed by atoms with Crippen LogP contribution in [0, 0.1) is 25.2 Å². The van der Waals surface area contributed by atoms with E-state index in [4.69, 9.17) is 10.00 Å². The molecule has 1 unspecified atom stereocenters. The van der Waals surface area contributed by atoms with Crippen LogP contribution in [-0.4, -0.2) is 23.4 Å². The van der Waals surface area contributed by atoms with Crippen molar-refractivity contribution in [1.82, 2.24) is 0 Å². The lowest BCUT2D eigenvalue weighted by molar-refractivity contribution is -0.132. The summed E-state index contributed by atoms with van der Waals surface area (Å²) in [6, 6.07) is 20.4. The first-order valence-electron chi connectivity index (χ1n) is 11.5. The third kappa shape index (κ3) is 4.53. The molecule has 1 saturated heterocycles. The van der Waals surface area contributed by atoms with Gasteiger partial charge in [-0.15, -0.1) is 0 Å². The molecule has 3 aromatic carbocycles. The quantitative estimate of drug-likeness (QED) is 0.290. The van der Waals surface area contributed by atoms with E-state index in [1.165, 1.54) is 4.90 Å². The number of Topliss-reactive ketones (excluding diaryl/α,β-unsaturated/α-hetero) is 1. The van der Waals surface area contributed by atoms with Crippen molar-refractivity contribution in [2.45, 2.75) is 33.2 Å². The van der Waals surface area contributed by atoms with Crippen molar-refractivity contribution in [1.29, 1.82) is 5.26 Å². The summed E-state index contributed by atoms with van der Waals surface area (Å²) in [6.45, 7) is 6.40. The van der Waals surface area contributed by atoms with E-state index in [1.807, 2.05) is 45.0 Å². The lowest BCUT2D eigenvalue weighted by atomic mass is 9.93. The van der Waals surface area contributed by atoms with Crippen LogP contribution in [0.2, 0.25) is 0 Å². The Labute approximate surface area is 204 Å². The average molecular weight is 467 g/mol. The molecule has 3 aromatic rings. The third-order valence-corrected chi connectivity index (χ3v) is 5.99. The Morgan fingerprint density at radius 2 is 1.80 bits per heavy atom. The number of hydrogen-bond acceptors (Lipinski definition) is 5. The number of amides is 1. The van der Waals surface area contributed by atoms with Crippen molar-refractivity contribution < 1.29 is 19.4 Å². The molecule has 1 aliphatic heterocycles. The number of aliphatic hydroxyl groups excluding tert-OH is 1. The predicted molar refractivity (Wildman–Crippen MR) is 134 cm³/mol. The number of aliphatic hydroxyl groups is 1. The molecule has 0 radical (unpaired) electrons. The van der Waals surface area contributed by atoms with E-state index in [2.05, 4.69) is 6.07 Å². The first-order chi connectivity index (χ1) is 16.8. The van der Waals surface area contributed by atoms with Gasteiger partial charge in [0.15, 0.2) is 0 Å². The number of anilines is 1. The number of carbonyl (C=O) groups is 2. The lowest BCUT2D eigenvalue weighted by Gasteiger charge is -2.25. The molecule has 1 fully saturated rings. The van der Waals surface area contributed by atoms with Gasteiger partial charge in [-0.1, -0.05) is 36.8 Å². The largest absolute Gasteiger partial charge is 0.507 e. The molecule has 0 bridgehead atoms. The van der Waals surface area contributed by atoms with Gasteiger partial charge in [0, 0.05) is 11.3 Å². The van der Waals surface area contributed by atoms with E-state index >= 15 is 0 Å². The van der Waals surface area contributed by atoms with Crippen molar-refractivity contribution in [3.8, 4) is 11.8 Å². The zero-order chi connectivity index (χ0) is 25.1. The maximum Gasteiger partial charge on any atom is 0.300 e. The normalized spacial score (nSPS) is 16.9. The highest BCUT2D eigenvalue weighted by Crippen LogP contribution is 2.42. The minimum Gasteiger partial charge on any atom is -0.507 e.